The Morgan fingerprint density at radius 2 is 2.03 bits per heavy atom. The van der Waals surface area contributed by atoms with Crippen molar-refractivity contribution >= 4 is 16.9 Å². The number of benzene rings is 2. The van der Waals surface area contributed by atoms with Crippen LogP contribution in [0.2, 0.25) is 0 Å². The molecular formula is C23H21NO5. The van der Waals surface area contributed by atoms with Gasteiger partial charge in [-0.1, -0.05) is 23.8 Å². The number of ether oxygens (including phenoxy) is 1. The van der Waals surface area contributed by atoms with Gasteiger partial charge >= 0.3 is 0 Å². The highest BCUT2D eigenvalue weighted by Gasteiger charge is 2.42. The number of aryl methyl sites for hydroxylation is 1. The van der Waals surface area contributed by atoms with Crippen LogP contribution in [-0.2, 0) is 0 Å². The zero-order chi connectivity index (χ0) is 20.7. The second-order valence-electron chi connectivity index (χ2n) is 6.98. The third kappa shape index (κ3) is 2.97. The molecule has 0 saturated heterocycles. The van der Waals surface area contributed by atoms with Gasteiger partial charge in [-0.3, -0.25) is 9.59 Å². The van der Waals surface area contributed by atoms with E-state index in [-0.39, 0.29) is 29.4 Å². The first kappa shape index (κ1) is 18.8. The maximum absolute atomic E-state index is 13.4. The van der Waals surface area contributed by atoms with Gasteiger partial charge in [0, 0.05) is 6.54 Å². The molecule has 6 nitrogen and oxygen atoms in total. The molecule has 1 N–H and O–H groups in total. The molecule has 0 radical (unpaired) electrons. The van der Waals surface area contributed by atoms with E-state index >= 15 is 0 Å². The lowest BCUT2D eigenvalue weighted by Gasteiger charge is -2.24. The number of amides is 1. The second-order valence-corrected chi connectivity index (χ2v) is 6.98. The Bertz CT molecular complexity index is 1190. The molecule has 0 spiro atoms. The Hall–Kier alpha value is -3.54. The summed E-state index contributed by atoms with van der Waals surface area (Å²) in [7, 11) is 0. The minimum absolute atomic E-state index is 0.00316. The summed E-state index contributed by atoms with van der Waals surface area (Å²) in [6.07, 6.45) is 1.61. The smallest absolute Gasteiger partial charge is 0.291 e. The lowest BCUT2D eigenvalue weighted by atomic mass is 9.97. The van der Waals surface area contributed by atoms with Crippen LogP contribution >= 0.6 is 0 Å². The zero-order valence-electron chi connectivity index (χ0n) is 16.3. The molecule has 0 bridgehead atoms. The average molecular weight is 391 g/mol. The molecule has 6 heteroatoms. The van der Waals surface area contributed by atoms with Crippen molar-refractivity contribution in [2.24, 2.45) is 0 Å². The summed E-state index contributed by atoms with van der Waals surface area (Å²) < 4.78 is 11.4. The molecule has 1 atom stereocenters. The molecule has 1 aliphatic heterocycles. The lowest BCUT2D eigenvalue weighted by Crippen LogP contribution is -2.29. The van der Waals surface area contributed by atoms with E-state index < -0.39 is 6.04 Å². The van der Waals surface area contributed by atoms with Crippen LogP contribution in [0.5, 0.6) is 11.5 Å². The molecule has 29 heavy (non-hydrogen) atoms. The van der Waals surface area contributed by atoms with Crippen molar-refractivity contribution < 1.29 is 19.1 Å². The minimum Gasteiger partial charge on any atom is -0.504 e. The van der Waals surface area contributed by atoms with Crippen molar-refractivity contribution in [3.8, 4) is 11.5 Å². The van der Waals surface area contributed by atoms with Gasteiger partial charge in [-0.05, 0) is 43.7 Å². The topological polar surface area (TPSA) is 80.0 Å². The SMILES string of the molecule is C=CCN1C(=O)c2oc3ccc(C)cc3c(=O)c2C1c1ccc(O)c(OCC)c1. The number of hydrogen-bond donors (Lipinski definition) is 1. The normalized spacial score (nSPS) is 15.6. The third-order valence-corrected chi connectivity index (χ3v) is 5.05. The fourth-order valence-corrected chi connectivity index (χ4v) is 3.78. The molecule has 3 aromatic rings. The molecule has 0 saturated carbocycles. The van der Waals surface area contributed by atoms with E-state index in [4.69, 9.17) is 9.15 Å². The molecule has 1 amide bonds. The molecule has 148 valence electrons. The molecule has 0 aliphatic carbocycles. The van der Waals surface area contributed by atoms with Crippen LogP contribution in [0.15, 0.2) is 58.3 Å². The monoisotopic (exact) mass is 391 g/mol. The fourth-order valence-electron chi connectivity index (χ4n) is 3.78. The van der Waals surface area contributed by atoms with Crippen LogP contribution in [0.3, 0.4) is 0 Å². The van der Waals surface area contributed by atoms with E-state index in [1.807, 2.05) is 19.9 Å². The highest BCUT2D eigenvalue weighted by molar-refractivity contribution is 5.99. The van der Waals surface area contributed by atoms with Gasteiger partial charge in [-0.2, -0.15) is 0 Å². The maximum atomic E-state index is 13.4. The van der Waals surface area contributed by atoms with Gasteiger partial charge in [0.2, 0.25) is 5.76 Å². The first-order valence-electron chi connectivity index (χ1n) is 9.41. The Balaban J connectivity index is 1.99. The summed E-state index contributed by atoms with van der Waals surface area (Å²) in [6.45, 7) is 8.06. The van der Waals surface area contributed by atoms with Gasteiger partial charge in [0.25, 0.3) is 5.91 Å². The Morgan fingerprint density at radius 3 is 2.76 bits per heavy atom. The summed E-state index contributed by atoms with van der Waals surface area (Å²) in [6, 6.07) is 9.49. The van der Waals surface area contributed by atoms with E-state index in [1.54, 1.807) is 30.3 Å². The Kier molecular flexibility index (Phi) is 4.62. The average Bonchev–Trinajstić information content (AvgIpc) is 2.97. The largest absolute Gasteiger partial charge is 0.504 e. The zero-order valence-corrected chi connectivity index (χ0v) is 16.3. The van der Waals surface area contributed by atoms with E-state index in [0.717, 1.165) is 5.56 Å². The standard InChI is InChI=1S/C23H21NO5/c1-4-10-24-20(14-7-8-16(25)18(12-14)28-5-2)19-21(26)15-11-13(3)6-9-17(15)29-22(19)23(24)27/h4,6-9,11-12,20,25H,1,5,10H2,2-3H3. The van der Waals surface area contributed by atoms with Gasteiger partial charge < -0.3 is 19.2 Å². The van der Waals surface area contributed by atoms with Crippen LogP contribution in [0.4, 0.5) is 0 Å². The molecule has 0 fully saturated rings. The van der Waals surface area contributed by atoms with Crippen molar-refractivity contribution in [1.29, 1.82) is 0 Å². The highest BCUT2D eigenvalue weighted by atomic mass is 16.5. The number of carbonyl (C=O) groups is 1. The number of rotatable bonds is 5. The second kappa shape index (κ2) is 7.13. The molecular weight excluding hydrogens is 370 g/mol. The molecule has 2 heterocycles. The number of hydrogen-bond acceptors (Lipinski definition) is 5. The molecule has 1 aliphatic rings. The summed E-state index contributed by atoms with van der Waals surface area (Å²) in [5.74, 6) is -0.0261. The van der Waals surface area contributed by atoms with E-state index in [0.29, 0.717) is 34.5 Å². The van der Waals surface area contributed by atoms with E-state index in [1.165, 1.54) is 11.0 Å². The first-order chi connectivity index (χ1) is 14.0. The molecule has 1 aromatic heterocycles. The van der Waals surface area contributed by atoms with Gasteiger partial charge in [-0.15, -0.1) is 6.58 Å². The number of nitrogens with zero attached hydrogens (tertiary/aromatic N) is 1. The lowest BCUT2D eigenvalue weighted by molar-refractivity contribution is 0.0748. The summed E-state index contributed by atoms with van der Waals surface area (Å²) >= 11 is 0. The Labute approximate surface area is 167 Å². The quantitative estimate of drug-likeness (QED) is 0.667. The first-order valence-corrected chi connectivity index (χ1v) is 9.41. The number of phenolic OH excluding ortho intramolecular Hbond substituents is 1. The maximum Gasteiger partial charge on any atom is 0.291 e. The molecule has 1 unspecified atom stereocenters. The summed E-state index contributed by atoms with van der Waals surface area (Å²) in [5.41, 5.74) is 2.02. The molecule has 4 rings (SSSR count). The minimum atomic E-state index is -0.656. The third-order valence-electron chi connectivity index (χ3n) is 5.05. The van der Waals surface area contributed by atoms with Crippen LogP contribution in [0, 0.1) is 6.92 Å². The number of fused-ring (bicyclic) bond motifs is 2. The molecule has 2 aromatic carbocycles. The summed E-state index contributed by atoms with van der Waals surface area (Å²) in [5, 5.41) is 10.5. The van der Waals surface area contributed by atoms with Crippen molar-refractivity contribution in [2.45, 2.75) is 19.9 Å². The van der Waals surface area contributed by atoms with Crippen LogP contribution < -0.4 is 10.2 Å². The van der Waals surface area contributed by atoms with E-state index in [2.05, 4.69) is 6.58 Å². The predicted molar refractivity (Wildman–Crippen MR) is 110 cm³/mol. The fraction of sp³-hybridized carbons (Fsp3) is 0.217. The van der Waals surface area contributed by atoms with Crippen LogP contribution in [0.1, 0.15) is 40.2 Å². The predicted octanol–water partition coefficient (Wildman–Crippen LogP) is 3.94. The Morgan fingerprint density at radius 1 is 1.24 bits per heavy atom. The van der Waals surface area contributed by atoms with Crippen molar-refractivity contribution in [1.82, 2.24) is 4.90 Å². The van der Waals surface area contributed by atoms with Gasteiger partial charge in [-0.25, -0.2) is 0 Å². The van der Waals surface area contributed by atoms with E-state index in [9.17, 15) is 14.7 Å². The van der Waals surface area contributed by atoms with Gasteiger partial charge in [0.15, 0.2) is 16.9 Å². The van der Waals surface area contributed by atoms with Crippen LogP contribution in [-0.4, -0.2) is 29.1 Å². The van der Waals surface area contributed by atoms with Gasteiger partial charge in [0.1, 0.15) is 5.58 Å². The van der Waals surface area contributed by atoms with Crippen molar-refractivity contribution in [3.63, 3.8) is 0 Å². The van der Waals surface area contributed by atoms with Crippen molar-refractivity contribution in [2.75, 3.05) is 13.2 Å². The van der Waals surface area contributed by atoms with Crippen LogP contribution in [0.25, 0.3) is 11.0 Å². The number of aromatic hydroxyl groups is 1. The van der Waals surface area contributed by atoms with Gasteiger partial charge in [0.05, 0.1) is 23.6 Å². The summed E-state index contributed by atoms with van der Waals surface area (Å²) in [4.78, 5) is 28.0. The van der Waals surface area contributed by atoms with Crippen molar-refractivity contribution in [3.05, 3.63) is 81.7 Å². The highest BCUT2D eigenvalue weighted by Crippen LogP contribution is 2.40. The number of carbonyl (C=O) groups excluding carboxylic acids is 1. The number of phenols is 1.